The highest BCUT2D eigenvalue weighted by atomic mass is 15.2. The van der Waals surface area contributed by atoms with Crippen molar-refractivity contribution >= 4 is 44.0 Å². The molecule has 4 heteroatoms. The van der Waals surface area contributed by atoms with Crippen LogP contribution in [0.25, 0.3) is 83.3 Å². The third-order valence-electron chi connectivity index (χ3n) is 12.3. The van der Waals surface area contributed by atoms with Crippen molar-refractivity contribution in [3.8, 4) is 50.7 Å². The van der Waals surface area contributed by atoms with E-state index in [1.165, 1.54) is 66.3 Å². The number of benzene rings is 8. The summed E-state index contributed by atoms with van der Waals surface area (Å²) in [6, 6.07) is 69.7. The van der Waals surface area contributed by atoms with E-state index in [0.29, 0.717) is 5.82 Å². The molecule has 4 nitrogen and oxygen atoms in total. The second kappa shape index (κ2) is 13.9. The number of aromatic nitrogens is 3. The van der Waals surface area contributed by atoms with Crippen LogP contribution in [0, 0.1) is 0 Å². The molecule has 0 saturated heterocycles. The van der Waals surface area contributed by atoms with Gasteiger partial charge in [-0.2, -0.15) is 0 Å². The first kappa shape index (κ1) is 34.2. The lowest BCUT2D eigenvalue weighted by Gasteiger charge is -2.24. The zero-order valence-electron chi connectivity index (χ0n) is 32.8. The van der Waals surface area contributed by atoms with Crippen molar-refractivity contribution in [3.05, 3.63) is 224 Å². The maximum absolute atomic E-state index is 5.13. The summed E-state index contributed by atoms with van der Waals surface area (Å²) < 4.78 is 2.38. The predicted octanol–water partition coefficient (Wildman–Crippen LogP) is 14.5. The highest BCUT2D eigenvalue weighted by Crippen LogP contribution is 2.52. The number of hydrogen-bond acceptors (Lipinski definition) is 3. The van der Waals surface area contributed by atoms with Crippen LogP contribution in [0.3, 0.4) is 0 Å². The third-order valence-corrected chi connectivity index (χ3v) is 12.3. The summed E-state index contributed by atoms with van der Waals surface area (Å²) in [6.45, 7) is 0. The van der Waals surface area contributed by atoms with Gasteiger partial charge < -0.3 is 9.47 Å². The summed E-state index contributed by atoms with van der Waals surface area (Å²) in [7, 11) is 0. The molecule has 1 aliphatic carbocycles. The Labute approximate surface area is 348 Å². The van der Waals surface area contributed by atoms with Gasteiger partial charge in [-0.25, -0.2) is 9.97 Å². The Morgan fingerprint density at radius 2 is 1.12 bits per heavy atom. The molecular formula is C56H38N4. The molecule has 2 aliphatic rings. The normalized spacial score (nSPS) is 14.4. The maximum atomic E-state index is 5.13. The van der Waals surface area contributed by atoms with Crippen molar-refractivity contribution in [1.29, 1.82) is 0 Å². The van der Waals surface area contributed by atoms with Gasteiger partial charge in [0.15, 0.2) is 5.82 Å². The van der Waals surface area contributed by atoms with Gasteiger partial charge in [0.25, 0.3) is 0 Å². The van der Waals surface area contributed by atoms with Gasteiger partial charge in [-0.15, -0.1) is 0 Å². The van der Waals surface area contributed by atoms with Gasteiger partial charge in [0.1, 0.15) is 0 Å². The molecule has 0 bridgehead atoms. The Balaban J connectivity index is 0.917. The fourth-order valence-electron chi connectivity index (χ4n) is 9.38. The van der Waals surface area contributed by atoms with Crippen LogP contribution in [0.2, 0.25) is 0 Å². The molecule has 8 aromatic carbocycles. The molecular weight excluding hydrogens is 729 g/mol. The lowest BCUT2D eigenvalue weighted by atomic mass is 9.90. The van der Waals surface area contributed by atoms with E-state index in [1.807, 2.05) is 18.2 Å². The summed E-state index contributed by atoms with van der Waals surface area (Å²) in [5.41, 5.74) is 16.0. The molecule has 0 spiro atoms. The average Bonchev–Trinajstić information content (AvgIpc) is 3.84. The minimum atomic E-state index is 0.285. The van der Waals surface area contributed by atoms with Crippen molar-refractivity contribution in [2.24, 2.45) is 0 Å². The molecule has 10 aromatic rings. The highest BCUT2D eigenvalue weighted by molar-refractivity contribution is 6.10. The molecule has 0 radical (unpaired) electrons. The van der Waals surface area contributed by atoms with E-state index in [9.17, 15) is 0 Å². The van der Waals surface area contributed by atoms with Crippen LogP contribution in [-0.2, 0) is 0 Å². The number of nitrogens with zero attached hydrogens (tertiary/aromatic N) is 4. The van der Waals surface area contributed by atoms with Crippen LogP contribution in [0.15, 0.2) is 218 Å². The molecule has 0 amide bonds. The van der Waals surface area contributed by atoms with E-state index in [2.05, 4.69) is 204 Å². The number of hydrogen-bond donors (Lipinski definition) is 0. The quantitative estimate of drug-likeness (QED) is 0.169. The smallest absolute Gasteiger partial charge is 0.160 e. The number of para-hydroxylation sites is 2. The lowest BCUT2D eigenvalue weighted by molar-refractivity contribution is 0.820. The standard InChI is InChI=1S/C56H38N4/c1-3-14-39(15-4-1)56-57-50(36-51(58-56)43-24-23-37-13-7-8-16-40(37)33-43)38-25-29-45(30-26-38)60-53-22-12-10-20-47(53)49-35-42(28-32-55(49)60)41-27-31-54-48(34-41)46-19-9-11-21-52(46)59(54)44-17-5-2-6-18-44/h1-19,21-36,47H,20H2. The fourth-order valence-corrected chi connectivity index (χ4v) is 9.38. The summed E-state index contributed by atoms with van der Waals surface area (Å²) in [5.74, 6) is 1.00. The molecule has 1 unspecified atom stereocenters. The van der Waals surface area contributed by atoms with E-state index in [4.69, 9.17) is 9.97 Å². The van der Waals surface area contributed by atoms with E-state index in [1.54, 1.807) is 0 Å². The van der Waals surface area contributed by atoms with Crippen LogP contribution in [-0.4, -0.2) is 14.5 Å². The molecule has 1 aliphatic heterocycles. The Morgan fingerprint density at radius 3 is 1.97 bits per heavy atom. The van der Waals surface area contributed by atoms with Gasteiger partial charge in [-0.05, 0) is 107 Å². The molecule has 282 valence electrons. The minimum Gasteiger partial charge on any atom is -0.313 e. The first-order valence-corrected chi connectivity index (χ1v) is 20.7. The van der Waals surface area contributed by atoms with E-state index in [0.717, 1.165) is 40.2 Å². The van der Waals surface area contributed by atoms with Gasteiger partial charge in [-0.1, -0.05) is 140 Å². The lowest BCUT2D eigenvalue weighted by Crippen LogP contribution is -2.14. The SMILES string of the molecule is C1=CCC2C(=C1)N(c1ccc(-c3cc(-c4ccc5ccccc5c4)nc(-c4ccccc4)n3)cc1)c1ccc(-c3ccc4c(c3)c3ccccc3n4-c3ccccc3)cc12. The zero-order chi connectivity index (χ0) is 39.6. The fraction of sp³-hybridized carbons (Fsp3) is 0.0357. The van der Waals surface area contributed by atoms with Crippen molar-refractivity contribution in [2.45, 2.75) is 12.3 Å². The monoisotopic (exact) mass is 766 g/mol. The second-order valence-electron chi connectivity index (χ2n) is 15.8. The molecule has 0 fully saturated rings. The zero-order valence-corrected chi connectivity index (χ0v) is 32.8. The maximum Gasteiger partial charge on any atom is 0.160 e. The van der Waals surface area contributed by atoms with Crippen molar-refractivity contribution in [3.63, 3.8) is 0 Å². The van der Waals surface area contributed by atoms with E-state index >= 15 is 0 Å². The topological polar surface area (TPSA) is 34.0 Å². The molecule has 0 saturated carbocycles. The van der Waals surface area contributed by atoms with Crippen LogP contribution in [0.5, 0.6) is 0 Å². The van der Waals surface area contributed by atoms with E-state index in [-0.39, 0.29) is 5.92 Å². The summed E-state index contributed by atoms with van der Waals surface area (Å²) in [4.78, 5) is 12.7. The Bertz CT molecular complexity index is 3340. The molecule has 2 aromatic heterocycles. The Morgan fingerprint density at radius 1 is 0.450 bits per heavy atom. The van der Waals surface area contributed by atoms with E-state index < -0.39 is 0 Å². The van der Waals surface area contributed by atoms with Crippen LogP contribution < -0.4 is 4.90 Å². The number of rotatable bonds is 6. The molecule has 1 atom stereocenters. The van der Waals surface area contributed by atoms with Gasteiger partial charge in [0, 0.05) is 56.1 Å². The average molecular weight is 767 g/mol. The van der Waals surface area contributed by atoms with Crippen molar-refractivity contribution in [1.82, 2.24) is 14.5 Å². The predicted molar refractivity (Wildman–Crippen MR) is 249 cm³/mol. The number of anilines is 2. The van der Waals surface area contributed by atoms with Crippen LogP contribution >= 0.6 is 0 Å². The van der Waals surface area contributed by atoms with Crippen molar-refractivity contribution < 1.29 is 0 Å². The van der Waals surface area contributed by atoms with Gasteiger partial charge in [-0.3, -0.25) is 0 Å². The van der Waals surface area contributed by atoms with Crippen molar-refractivity contribution in [2.75, 3.05) is 4.90 Å². The third kappa shape index (κ3) is 5.68. The summed E-state index contributed by atoms with van der Waals surface area (Å²) >= 11 is 0. The summed E-state index contributed by atoms with van der Waals surface area (Å²) in [5, 5.41) is 4.93. The first-order chi connectivity index (χ1) is 29.7. The minimum absolute atomic E-state index is 0.285. The van der Waals surface area contributed by atoms with Gasteiger partial charge in [0.05, 0.1) is 22.4 Å². The number of fused-ring (bicyclic) bond motifs is 7. The Kier molecular flexibility index (Phi) is 7.95. The molecule has 60 heavy (non-hydrogen) atoms. The largest absolute Gasteiger partial charge is 0.313 e. The molecule has 0 N–H and O–H groups in total. The number of allylic oxidation sites excluding steroid dienone is 4. The molecule has 12 rings (SSSR count). The van der Waals surface area contributed by atoms with Crippen LogP contribution in [0.4, 0.5) is 11.4 Å². The molecule has 3 heterocycles. The van der Waals surface area contributed by atoms with Gasteiger partial charge >= 0.3 is 0 Å². The highest BCUT2D eigenvalue weighted by Gasteiger charge is 2.35. The van der Waals surface area contributed by atoms with Gasteiger partial charge in [0.2, 0.25) is 0 Å². The summed E-state index contributed by atoms with van der Waals surface area (Å²) in [6.07, 6.45) is 7.77. The first-order valence-electron chi connectivity index (χ1n) is 20.7. The Hall–Kier alpha value is -7.82. The van der Waals surface area contributed by atoms with Crippen LogP contribution in [0.1, 0.15) is 17.9 Å². The second-order valence-corrected chi connectivity index (χ2v) is 15.8.